The van der Waals surface area contributed by atoms with Crippen LogP contribution < -0.4 is 11.1 Å². The van der Waals surface area contributed by atoms with Crippen molar-refractivity contribution in [2.45, 2.75) is 38.3 Å². The van der Waals surface area contributed by atoms with Crippen molar-refractivity contribution in [1.82, 2.24) is 10.2 Å². The van der Waals surface area contributed by atoms with Gasteiger partial charge in [0.15, 0.2) is 0 Å². The molecule has 0 aromatic heterocycles. The van der Waals surface area contributed by atoms with Gasteiger partial charge in [-0.1, -0.05) is 29.3 Å². The smallest absolute Gasteiger partial charge is 0.220 e. The van der Waals surface area contributed by atoms with Crippen LogP contribution in [-0.2, 0) is 11.3 Å². The van der Waals surface area contributed by atoms with Crippen LogP contribution >= 0.6 is 48.0 Å². The minimum Gasteiger partial charge on any atom is -0.353 e. The average molecular weight is 417 g/mol. The zero-order valence-corrected chi connectivity index (χ0v) is 16.6. The Bertz CT molecular complexity index is 508. The summed E-state index contributed by atoms with van der Waals surface area (Å²) >= 11 is 12.0. The summed E-state index contributed by atoms with van der Waals surface area (Å²) in [7, 11) is 0. The molecule has 0 atom stereocenters. The number of carbonyl (C=O) groups is 1. The van der Waals surface area contributed by atoms with E-state index in [0.717, 1.165) is 38.9 Å². The van der Waals surface area contributed by atoms with E-state index in [9.17, 15) is 4.79 Å². The maximum Gasteiger partial charge on any atom is 0.220 e. The number of hydrogen-bond acceptors (Lipinski definition) is 3. The SMILES string of the molecule is Cl.Cl.NCCCC(=O)NC1CCN(Cc2ccc(Cl)c(Cl)c2)CC1. The molecule has 1 aromatic rings. The van der Waals surface area contributed by atoms with Crippen LogP contribution in [0.3, 0.4) is 0 Å². The molecule has 4 nitrogen and oxygen atoms in total. The van der Waals surface area contributed by atoms with Crippen LogP contribution in [0.4, 0.5) is 0 Å². The van der Waals surface area contributed by atoms with Crippen LogP contribution in [0.5, 0.6) is 0 Å². The molecule has 1 saturated heterocycles. The predicted octanol–water partition coefficient (Wildman–Crippen LogP) is 3.66. The number of amides is 1. The number of rotatable bonds is 6. The van der Waals surface area contributed by atoms with Crippen LogP contribution in [0.25, 0.3) is 0 Å². The summed E-state index contributed by atoms with van der Waals surface area (Å²) in [6.07, 6.45) is 3.24. The first-order chi connectivity index (χ1) is 10.6. The second kappa shape index (κ2) is 12.2. The second-order valence-corrected chi connectivity index (χ2v) is 6.57. The molecule has 0 aliphatic carbocycles. The molecule has 0 spiro atoms. The topological polar surface area (TPSA) is 58.4 Å². The van der Waals surface area contributed by atoms with Gasteiger partial charge in [-0.05, 0) is 43.5 Å². The summed E-state index contributed by atoms with van der Waals surface area (Å²) < 4.78 is 0. The third-order valence-corrected chi connectivity index (χ3v) is 4.69. The Labute approximate surface area is 166 Å². The highest BCUT2D eigenvalue weighted by atomic mass is 35.5. The number of piperidine rings is 1. The van der Waals surface area contributed by atoms with Gasteiger partial charge in [-0.15, -0.1) is 24.8 Å². The van der Waals surface area contributed by atoms with Crippen LogP contribution in [0.1, 0.15) is 31.2 Å². The van der Waals surface area contributed by atoms with E-state index in [1.807, 2.05) is 18.2 Å². The summed E-state index contributed by atoms with van der Waals surface area (Å²) in [6, 6.07) is 6.05. The summed E-state index contributed by atoms with van der Waals surface area (Å²) in [6.45, 7) is 3.38. The monoisotopic (exact) mass is 415 g/mol. The number of benzene rings is 1. The highest BCUT2D eigenvalue weighted by molar-refractivity contribution is 6.42. The van der Waals surface area contributed by atoms with E-state index in [4.69, 9.17) is 28.9 Å². The van der Waals surface area contributed by atoms with Crippen LogP contribution in [-0.4, -0.2) is 36.5 Å². The van der Waals surface area contributed by atoms with Crippen molar-refractivity contribution in [3.63, 3.8) is 0 Å². The van der Waals surface area contributed by atoms with Crippen LogP contribution in [0, 0.1) is 0 Å². The van der Waals surface area contributed by atoms with Crippen molar-refractivity contribution in [2.75, 3.05) is 19.6 Å². The Hall–Kier alpha value is -0.230. The standard InChI is InChI=1S/C16H23Cl2N3O.2ClH/c17-14-4-3-12(10-15(14)18)11-21-8-5-13(6-9-21)20-16(22)2-1-7-19;;/h3-4,10,13H,1-2,5-9,11,19H2,(H,20,22);2*1H. The van der Waals surface area contributed by atoms with Gasteiger partial charge < -0.3 is 11.1 Å². The molecule has 0 saturated carbocycles. The fourth-order valence-electron chi connectivity index (χ4n) is 2.69. The van der Waals surface area contributed by atoms with E-state index in [2.05, 4.69) is 10.2 Å². The zero-order valence-electron chi connectivity index (χ0n) is 13.5. The van der Waals surface area contributed by atoms with Gasteiger partial charge >= 0.3 is 0 Å². The molecule has 8 heteroatoms. The molecule has 0 bridgehead atoms. The highest BCUT2D eigenvalue weighted by Gasteiger charge is 2.20. The molecule has 1 fully saturated rings. The van der Waals surface area contributed by atoms with Crippen LogP contribution in [0.15, 0.2) is 18.2 Å². The van der Waals surface area contributed by atoms with Crippen LogP contribution in [0.2, 0.25) is 10.0 Å². The van der Waals surface area contributed by atoms with E-state index in [1.54, 1.807) is 0 Å². The van der Waals surface area contributed by atoms with Gasteiger partial charge in [-0.3, -0.25) is 9.69 Å². The molecular formula is C16H25Cl4N3O. The molecule has 1 aromatic carbocycles. The Balaban J connectivity index is 0.00000264. The van der Waals surface area contributed by atoms with Gasteiger partial charge in [-0.2, -0.15) is 0 Å². The Morgan fingerprint density at radius 2 is 1.88 bits per heavy atom. The molecule has 24 heavy (non-hydrogen) atoms. The van der Waals surface area contributed by atoms with Crippen molar-refractivity contribution in [2.24, 2.45) is 5.73 Å². The van der Waals surface area contributed by atoms with Gasteiger partial charge in [0.05, 0.1) is 10.0 Å². The number of nitrogens with one attached hydrogen (secondary N) is 1. The molecule has 1 heterocycles. The molecular weight excluding hydrogens is 392 g/mol. The second-order valence-electron chi connectivity index (χ2n) is 5.76. The summed E-state index contributed by atoms with van der Waals surface area (Å²) in [5.41, 5.74) is 6.58. The lowest BCUT2D eigenvalue weighted by molar-refractivity contribution is -0.122. The summed E-state index contributed by atoms with van der Waals surface area (Å²) in [4.78, 5) is 14.1. The first-order valence-electron chi connectivity index (χ1n) is 7.74. The third-order valence-electron chi connectivity index (χ3n) is 3.95. The van der Waals surface area contributed by atoms with Crippen molar-refractivity contribution in [1.29, 1.82) is 0 Å². The maximum absolute atomic E-state index is 11.7. The number of likely N-dealkylation sites (tertiary alicyclic amines) is 1. The third kappa shape index (κ3) is 7.77. The van der Waals surface area contributed by atoms with Gasteiger partial charge in [0.2, 0.25) is 5.91 Å². The lowest BCUT2D eigenvalue weighted by atomic mass is 10.0. The predicted molar refractivity (Wildman–Crippen MR) is 106 cm³/mol. The van der Waals surface area contributed by atoms with E-state index in [1.165, 1.54) is 5.56 Å². The zero-order chi connectivity index (χ0) is 15.9. The Morgan fingerprint density at radius 1 is 1.21 bits per heavy atom. The highest BCUT2D eigenvalue weighted by Crippen LogP contribution is 2.24. The van der Waals surface area contributed by atoms with Crippen molar-refractivity contribution in [3.05, 3.63) is 33.8 Å². The number of carbonyl (C=O) groups excluding carboxylic acids is 1. The molecule has 1 aliphatic rings. The first-order valence-corrected chi connectivity index (χ1v) is 8.50. The number of nitrogens with zero attached hydrogens (tertiary/aromatic N) is 1. The molecule has 1 aliphatic heterocycles. The van der Waals surface area contributed by atoms with E-state index in [-0.39, 0.29) is 36.8 Å². The molecule has 0 radical (unpaired) electrons. The summed E-state index contributed by atoms with van der Waals surface area (Å²) in [5, 5.41) is 4.28. The van der Waals surface area contributed by atoms with Gasteiger partial charge in [0, 0.05) is 32.1 Å². The maximum atomic E-state index is 11.7. The molecule has 2 rings (SSSR count). The van der Waals surface area contributed by atoms with Gasteiger partial charge in [0.1, 0.15) is 0 Å². The van der Waals surface area contributed by atoms with Crippen molar-refractivity contribution >= 4 is 53.9 Å². The first kappa shape index (κ1) is 23.8. The minimum atomic E-state index is 0. The molecule has 1 amide bonds. The van der Waals surface area contributed by atoms with Gasteiger partial charge in [0.25, 0.3) is 0 Å². The molecule has 138 valence electrons. The fraction of sp³-hybridized carbons (Fsp3) is 0.562. The number of nitrogens with two attached hydrogens (primary N) is 1. The van der Waals surface area contributed by atoms with E-state index < -0.39 is 0 Å². The largest absolute Gasteiger partial charge is 0.353 e. The Kier molecular flexibility index (Phi) is 12.1. The Morgan fingerprint density at radius 3 is 2.46 bits per heavy atom. The lowest BCUT2D eigenvalue weighted by Gasteiger charge is -2.32. The summed E-state index contributed by atoms with van der Waals surface area (Å²) in [5.74, 6) is 0.119. The lowest BCUT2D eigenvalue weighted by Crippen LogP contribution is -2.44. The molecule has 3 N–H and O–H groups in total. The van der Waals surface area contributed by atoms with E-state index >= 15 is 0 Å². The quantitative estimate of drug-likeness (QED) is 0.743. The fourth-order valence-corrected chi connectivity index (χ4v) is 3.01. The van der Waals surface area contributed by atoms with Crippen molar-refractivity contribution in [3.8, 4) is 0 Å². The number of hydrogen-bond donors (Lipinski definition) is 2. The minimum absolute atomic E-state index is 0. The average Bonchev–Trinajstić information content (AvgIpc) is 2.51. The van der Waals surface area contributed by atoms with Crippen molar-refractivity contribution < 1.29 is 4.79 Å². The van der Waals surface area contributed by atoms with Gasteiger partial charge in [-0.25, -0.2) is 0 Å². The normalized spacial score (nSPS) is 15.3. The number of halogens is 4. The molecule has 0 unspecified atom stereocenters. The van der Waals surface area contributed by atoms with E-state index in [0.29, 0.717) is 23.0 Å².